The molecule has 1 aliphatic rings. The topological polar surface area (TPSA) is 58.6 Å². The van der Waals surface area contributed by atoms with Gasteiger partial charge in [0.1, 0.15) is 11.8 Å². The van der Waals surface area contributed by atoms with Crippen molar-refractivity contribution in [3.63, 3.8) is 0 Å². The van der Waals surface area contributed by atoms with Crippen molar-refractivity contribution in [3.8, 4) is 5.75 Å². The number of hydrogen-bond acceptors (Lipinski definition) is 3. The van der Waals surface area contributed by atoms with Crippen LogP contribution >= 0.6 is 15.9 Å². The van der Waals surface area contributed by atoms with Crippen LogP contribution < -0.4 is 10.1 Å². The molecule has 0 saturated heterocycles. The summed E-state index contributed by atoms with van der Waals surface area (Å²) in [6, 6.07) is 3.14. The van der Waals surface area contributed by atoms with Crippen molar-refractivity contribution >= 4 is 27.6 Å². The lowest BCUT2D eigenvalue weighted by molar-refractivity contribution is -0.137. The lowest BCUT2D eigenvalue weighted by Crippen LogP contribution is -2.26. The molecule has 1 unspecified atom stereocenters. The number of benzene rings is 1. The fourth-order valence-corrected chi connectivity index (χ4v) is 2.28. The lowest BCUT2D eigenvalue weighted by Gasteiger charge is -2.07. The van der Waals surface area contributed by atoms with Crippen LogP contribution in [0.1, 0.15) is 5.56 Å². The Kier molecular flexibility index (Phi) is 2.56. The Morgan fingerprint density at radius 2 is 2.40 bits per heavy atom. The van der Waals surface area contributed by atoms with Gasteiger partial charge in [-0.1, -0.05) is 0 Å². The van der Waals surface area contributed by atoms with Crippen molar-refractivity contribution in [3.05, 3.63) is 22.2 Å². The van der Waals surface area contributed by atoms with Gasteiger partial charge in [0.25, 0.3) is 0 Å². The van der Waals surface area contributed by atoms with Gasteiger partial charge in [0, 0.05) is 17.7 Å². The number of methoxy groups -OCH3 is 1. The van der Waals surface area contributed by atoms with E-state index in [4.69, 9.17) is 9.84 Å². The van der Waals surface area contributed by atoms with Crippen LogP contribution in [0.25, 0.3) is 0 Å². The highest BCUT2D eigenvalue weighted by atomic mass is 79.9. The van der Waals surface area contributed by atoms with Gasteiger partial charge in [-0.05, 0) is 28.1 Å². The van der Waals surface area contributed by atoms with Crippen LogP contribution in [-0.2, 0) is 11.2 Å². The van der Waals surface area contributed by atoms with Crippen molar-refractivity contribution < 1.29 is 14.6 Å². The van der Waals surface area contributed by atoms with Crippen LogP contribution in [0, 0.1) is 0 Å². The quantitative estimate of drug-likeness (QED) is 0.863. The molecular formula is C10H10BrNO3. The highest BCUT2D eigenvalue weighted by Crippen LogP contribution is 2.38. The number of halogens is 1. The molecule has 5 heteroatoms. The minimum Gasteiger partial charge on any atom is -0.495 e. The van der Waals surface area contributed by atoms with E-state index in [1.807, 2.05) is 12.1 Å². The van der Waals surface area contributed by atoms with E-state index in [1.54, 1.807) is 7.11 Å². The minimum atomic E-state index is -0.843. The first-order chi connectivity index (χ1) is 7.13. The predicted octanol–water partition coefficient (Wildman–Crippen LogP) is 1.88. The summed E-state index contributed by atoms with van der Waals surface area (Å²) in [6.07, 6.45) is 0.452. The van der Waals surface area contributed by atoms with Crippen molar-refractivity contribution in [2.24, 2.45) is 0 Å². The highest BCUT2D eigenvalue weighted by Gasteiger charge is 2.29. The van der Waals surface area contributed by atoms with Crippen LogP contribution in [0.15, 0.2) is 16.6 Å². The maximum atomic E-state index is 10.8. The number of fused-ring (bicyclic) bond motifs is 1. The standard InChI is InChI=1S/C10H10BrNO3/c1-15-9-5-4-8(10(13)14)12-7(5)3-2-6(9)11/h2-3,8,12H,4H2,1H3,(H,13,14). The zero-order valence-corrected chi connectivity index (χ0v) is 9.67. The van der Waals surface area contributed by atoms with Crippen LogP contribution in [0.5, 0.6) is 5.75 Å². The lowest BCUT2D eigenvalue weighted by atomic mass is 10.1. The molecule has 0 aliphatic carbocycles. The Bertz CT molecular complexity index is 419. The van der Waals surface area contributed by atoms with Crippen LogP contribution in [0.2, 0.25) is 0 Å². The number of anilines is 1. The predicted molar refractivity (Wildman–Crippen MR) is 59.4 cm³/mol. The first-order valence-corrected chi connectivity index (χ1v) is 5.27. The summed E-state index contributed by atoms with van der Waals surface area (Å²) in [6.45, 7) is 0. The molecule has 0 amide bonds. The molecule has 15 heavy (non-hydrogen) atoms. The summed E-state index contributed by atoms with van der Waals surface area (Å²) >= 11 is 3.37. The molecule has 0 radical (unpaired) electrons. The van der Waals surface area contributed by atoms with Gasteiger partial charge in [0.2, 0.25) is 0 Å². The number of aliphatic carboxylic acids is 1. The number of rotatable bonds is 2. The van der Waals surface area contributed by atoms with E-state index in [2.05, 4.69) is 21.2 Å². The third-order valence-electron chi connectivity index (χ3n) is 2.45. The second-order valence-corrected chi connectivity index (χ2v) is 4.20. The van der Waals surface area contributed by atoms with Gasteiger partial charge in [-0.15, -0.1) is 0 Å². The summed E-state index contributed by atoms with van der Waals surface area (Å²) < 4.78 is 6.08. The largest absolute Gasteiger partial charge is 0.495 e. The second-order valence-electron chi connectivity index (χ2n) is 3.35. The van der Waals surface area contributed by atoms with Crippen molar-refractivity contribution in [2.45, 2.75) is 12.5 Å². The zero-order valence-electron chi connectivity index (χ0n) is 8.08. The maximum absolute atomic E-state index is 10.8. The molecule has 1 aromatic carbocycles. The zero-order chi connectivity index (χ0) is 11.0. The molecular weight excluding hydrogens is 262 g/mol. The molecule has 2 rings (SSSR count). The third-order valence-corrected chi connectivity index (χ3v) is 3.08. The number of hydrogen-bond donors (Lipinski definition) is 2. The number of carbonyl (C=O) groups is 1. The maximum Gasteiger partial charge on any atom is 0.326 e. The van der Waals surface area contributed by atoms with E-state index in [9.17, 15) is 4.79 Å². The second kappa shape index (κ2) is 3.73. The molecule has 0 fully saturated rings. The highest BCUT2D eigenvalue weighted by molar-refractivity contribution is 9.10. The number of nitrogens with one attached hydrogen (secondary N) is 1. The van der Waals surface area contributed by atoms with E-state index < -0.39 is 12.0 Å². The summed E-state index contributed by atoms with van der Waals surface area (Å²) in [4.78, 5) is 10.8. The third kappa shape index (κ3) is 1.67. The molecule has 0 saturated carbocycles. The SMILES string of the molecule is COc1c(Br)ccc2c1CC(C(=O)O)N2. The Labute approximate surface area is 95.4 Å². The average Bonchev–Trinajstić information content (AvgIpc) is 2.61. The van der Waals surface area contributed by atoms with Gasteiger partial charge in [0.15, 0.2) is 0 Å². The fraction of sp³-hybridized carbons (Fsp3) is 0.300. The van der Waals surface area contributed by atoms with Gasteiger partial charge in [0.05, 0.1) is 11.6 Å². The first kappa shape index (κ1) is 10.3. The van der Waals surface area contributed by atoms with Gasteiger partial charge in [-0.25, -0.2) is 4.79 Å². The number of ether oxygens (including phenoxy) is 1. The molecule has 1 aliphatic heterocycles. The van der Waals surface area contributed by atoms with Crippen LogP contribution in [0.3, 0.4) is 0 Å². The molecule has 1 heterocycles. The van der Waals surface area contributed by atoms with E-state index in [-0.39, 0.29) is 0 Å². The Morgan fingerprint density at radius 3 is 3.00 bits per heavy atom. The smallest absolute Gasteiger partial charge is 0.326 e. The summed E-state index contributed by atoms with van der Waals surface area (Å²) in [5, 5.41) is 11.8. The van der Waals surface area contributed by atoms with Crippen molar-refractivity contribution in [1.29, 1.82) is 0 Å². The van der Waals surface area contributed by atoms with Crippen molar-refractivity contribution in [2.75, 3.05) is 12.4 Å². The minimum absolute atomic E-state index is 0.452. The van der Waals surface area contributed by atoms with Gasteiger partial charge in [-0.3, -0.25) is 0 Å². The Morgan fingerprint density at radius 1 is 1.67 bits per heavy atom. The van der Waals surface area contributed by atoms with E-state index in [0.29, 0.717) is 12.2 Å². The molecule has 0 aromatic heterocycles. The van der Waals surface area contributed by atoms with E-state index in [0.717, 1.165) is 15.7 Å². The van der Waals surface area contributed by atoms with Crippen LogP contribution in [0.4, 0.5) is 5.69 Å². The van der Waals surface area contributed by atoms with E-state index >= 15 is 0 Å². The Hall–Kier alpha value is -1.23. The monoisotopic (exact) mass is 271 g/mol. The number of carboxylic acids is 1. The van der Waals surface area contributed by atoms with Gasteiger partial charge < -0.3 is 15.2 Å². The first-order valence-electron chi connectivity index (χ1n) is 4.48. The van der Waals surface area contributed by atoms with Crippen LogP contribution in [-0.4, -0.2) is 24.2 Å². The molecule has 0 bridgehead atoms. The Balaban J connectivity index is 2.41. The molecule has 1 aromatic rings. The summed E-state index contributed by atoms with van der Waals surface area (Å²) in [5.74, 6) is -0.131. The molecule has 1 atom stereocenters. The molecule has 2 N–H and O–H groups in total. The fourth-order valence-electron chi connectivity index (χ4n) is 1.75. The average molecular weight is 272 g/mol. The van der Waals surface area contributed by atoms with Crippen molar-refractivity contribution in [1.82, 2.24) is 0 Å². The normalized spacial score (nSPS) is 18.1. The van der Waals surface area contributed by atoms with Gasteiger partial charge in [-0.2, -0.15) is 0 Å². The summed E-state index contributed by atoms with van der Waals surface area (Å²) in [5.41, 5.74) is 1.75. The summed E-state index contributed by atoms with van der Waals surface area (Å²) in [7, 11) is 1.58. The molecule has 0 spiro atoms. The molecule has 4 nitrogen and oxygen atoms in total. The number of carboxylic acid groups (broad SMARTS) is 1. The van der Waals surface area contributed by atoms with Gasteiger partial charge >= 0.3 is 5.97 Å². The van der Waals surface area contributed by atoms with E-state index in [1.165, 1.54) is 0 Å². The molecule has 80 valence electrons.